The Balaban J connectivity index is 2.44. The van der Waals surface area contributed by atoms with Gasteiger partial charge in [-0.1, -0.05) is 25.5 Å². The fourth-order valence-corrected chi connectivity index (χ4v) is 2.02. The van der Waals surface area contributed by atoms with Crippen molar-refractivity contribution in [1.29, 1.82) is 0 Å². The Kier molecular flexibility index (Phi) is 2.76. The number of carbonyl (C=O) groups excluding carboxylic acids is 1. The van der Waals surface area contributed by atoms with E-state index in [1.54, 1.807) is 0 Å². The highest BCUT2D eigenvalue weighted by molar-refractivity contribution is 6.00. The third kappa shape index (κ3) is 1.89. The van der Waals surface area contributed by atoms with E-state index in [-0.39, 0.29) is 11.9 Å². The molecule has 1 aliphatic heterocycles. The van der Waals surface area contributed by atoms with Crippen LogP contribution in [0.1, 0.15) is 42.6 Å². The number of hydrogen-bond donors (Lipinski definition) is 0. The minimum atomic E-state index is 0.0167. The summed E-state index contributed by atoms with van der Waals surface area (Å²) in [7, 11) is 0. The number of hydrogen-bond acceptors (Lipinski definition) is 2. The van der Waals surface area contributed by atoms with Crippen molar-refractivity contribution in [2.24, 2.45) is 0 Å². The van der Waals surface area contributed by atoms with Gasteiger partial charge in [0.2, 0.25) is 0 Å². The molecule has 0 amide bonds. The molecule has 0 spiro atoms. The monoisotopic (exact) mass is 204 g/mol. The lowest BCUT2D eigenvalue weighted by atomic mass is 9.97. The zero-order chi connectivity index (χ0) is 10.8. The maximum absolute atomic E-state index is 11.8. The van der Waals surface area contributed by atoms with Gasteiger partial charge in [-0.3, -0.25) is 4.79 Å². The number of ether oxygens (including phenoxy) is 1. The molecule has 80 valence electrons. The highest BCUT2D eigenvalue weighted by Gasteiger charge is 2.24. The minimum absolute atomic E-state index is 0.0167. The molecule has 0 bridgehead atoms. The maximum atomic E-state index is 11.8. The molecular weight excluding hydrogens is 188 g/mol. The molecular formula is C13H16O2. The highest BCUT2D eigenvalue weighted by atomic mass is 16.5. The zero-order valence-electron chi connectivity index (χ0n) is 9.25. The third-order valence-electron chi connectivity index (χ3n) is 2.71. The van der Waals surface area contributed by atoms with E-state index in [1.807, 2.05) is 25.1 Å². The quantitative estimate of drug-likeness (QED) is 0.740. The van der Waals surface area contributed by atoms with Gasteiger partial charge in [-0.2, -0.15) is 0 Å². The van der Waals surface area contributed by atoms with Crippen molar-refractivity contribution in [3.63, 3.8) is 0 Å². The van der Waals surface area contributed by atoms with Crippen LogP contribution >= 0.6 is 0 Å². The Bertz CT molecular complexity index is 382. The highest BCUT2D eigenvalue weighted by Crippen LogP contribution is 2.31. The molecule has 1 aromatic rings. The average molecular weight is 204 g/mol. The van der Waals surface area contributed by atoms with Crippen LogP contribution in [-0.2, 0) is 6.42 Å². The Morgan fingerprint density at radius 1 is 1.47 bits per heavy atom. The number of para-hydroxylation sites is 1. The molecule has 1 unspecified atom stereocenters. The van der Waals surface area contributed by atoms with Gasteiger partial charge in [0, 0.05) is 6.42 Å². The lowest BCUT2D eigenvalue weighted by Gasteiger charge is -2.24. The lowest BCUT2D eigenvalue weighted by molar-refractivity contribution is 0.0869. The van der Waals surface area contributed by atoms with E-state index in [0.717, 1.165) is 29.7 Å². The molecule has 2 nitrogen and oxygen atoms in total. The van der Waals surface area contributed by atoms with E-state index in [2.05, 4.69) is 6.92 Å². The number of aryl methyl sites for hydroxylation is 1. The Hall–Kier alpha value is -1.31. The Morgan fingerprint density at radius 3 is 3.00 bits per heavy atom. The van der Waals surface area contributed by atoms with Crippen molar-refractivity contribution in [2.75, 3.05) is 0 Å². The predicted octanol–water partition coefficient (Wildman–Crippen LogP) is 2.99. The Labute approximate surface area is 90.3 Å². The first kappa shape index (κ1) is 10.2. The van der Waals surface area contributed by atoms with Crippen molar-refractivity contribution < 1.29 is 9.53 Å². The number of carbonyl (C=O) groups is 1. The summed E-state index contributed by atoms with van der Waals surface area (Å²) in [5, 5.41) is 0. The zero-order valence-corrected chi connectivity index (χ0v) is 9.25. The summed E-state index contributed by atoms with van der Waals surface area (Å²) in [5.41, 5.74) is 1.92. The molecule has 1 aliphatic rings. The molecule has 0 aliphatic carbocycles. The summed E-state index contributed by atoms with van der Waals surface area (Å²) < 4.78 is 5.77. The summed E-state index contributed by atoms with van der Waals surface area (Å²) in [6, 6.07) is 5.86. The number of rotatable bonds is 2. The standard InChI is InChI=1S/C13H16O2/c1-3-5-10-6-4-7-11-12(14)8-9(2)15-13(10)11/h4,6-7,9H,3,5,8H2,1-2H3. The van der Waals surface area contributed by atoms with Gasteiger partial charge in [0.05, 0.1) is 5.56 Å². The molecule has 0 fully saturated rings. The fraction of sp³-hybridized carbons (Fsp3) is 0.462. The molecule has 0 saturated carbocycles. The molecule has 0 radical (unpaired) electrons. The van der Waals surface area contributed by atoms with Gasteiger partial charge >= 0.3 is 0 Å². The number of Topliss-reactive ketones (excluding diaryl/α,β-unsaturated/α-hetero) is 1. The second kappa shape index (κ2) is 4.05. The van der Waals surface area contributed by atoms with Crippen LogP contribution in [0.15, 0.2) is 18.2 Å². The summed E-state index contributed by atoms with van der Waals surface area (Å²) in [6.45, 7) is 4.08. The van der Waals surface area contributed by atoms with Crippen molar-refractivity contribution in [3.8, 4) is 5.75 Å². The van der Waals surface area contributed by atoms with Crippen molar-refractivity contribution in [1.82, 2.24) is 0 Å². The van der Waals surface area contributed by atoms with Gasteiger partial charge in [-0.15, -0.1) is 0 Å². The molecule has 1 atom stereocenters. The van der Waals surface area contributed by atoms with Gasteiger partial charge in [-0.05, 0) is 25.0 Å². The Morgan fingerprint density at radius 2 is 2.27 bits per heavy atom. The van der Waals surface area contributed by atoms with Crippen LogP contribution in [0.3, 0.4) is 0 Å². The molecule has 0 saturated heterocycles. The minimum Gasteiger partial charge on any atom is -0.489 e. The summed E-state index contributed by atoms with van der Waals surface area (Å²) in [4.78, 5) is 11.8. The van der Waals surface area contributed by atoms with Gasteiger partial charge in [-0.25, -0.2) is 0 Å². The topological polar surface area (TPSA) is 26.3 Å². The second-order valence-electron chi connectivity index (χ2n) is 4.10. The van der Waals surface area contributed by atoms with Crippen LogP contribution < -0.4 is 4.74 Å². The smallest absolute Gasteiger partial charge is 0.170 e. The molecule has 2 heteroatoms. The number of fused-ring (bicyclic) bond motifs is 1. The van der Waals surface area contributed by atoms with Crippen LogP contribution in [0, 0.1) is 0 Å². The largest absolute Gasteiger partial charge is 0.489 e. The molecule has 0 N–H and O–H groups in total. The summed E-state index contributed by atoms with van der Waals surface area (Å²) >= 11 is 0. The van der Waals surface area contributed by atoms with Crippen molar-refractivity contribution >= 4 is 5.78 Å². The van der Waals surface area contributed by atoms with Gasteiger partial charge in [0.25, 0.3) is 0 Å². The normalized spacial score (nSPS) is 19.6. The lowest BCUT2D eigenvalue weighted by Crippen LogP contribution is -2.24. The van der Waals surface area contributed by atoms with E-state index < -0.39 is 0 Å². The van der Waals surface area contributed by atoms with Gasteiger partial charge in [0.15, 0.2) is 5.78 Å². The predicted molar refractivity (Wildman–Crippen MR) is 59.5 cm³/mol. The van der Waals surface area contributed by atoms with Gasteiger partial charge < -0.3 is 4.74 Å². The van der Waals surface area contributed by atoms with Crippen molar-refractivity contribution in [3.05, 3.63) is 29.3 Å². The molecule has 0 aromatic heterocycles. The first-order valence-corrected chi connectivity index (χ1v) is 5.54. The van der Waals surface area contributed by atoms with Gasteiger partial charge in [0.1, 0.15) is 11.9 Å². The van der Waals surface area contributed by atoms with Crippen molar-refractivity contribution in [2.45, 2.75) is 39.2 Å². The fourth-order valence-electron chi connectivity index (χ4n) is 2.02. The molecule has 1 heterocycles. The third-order valence-corrected chi connectivity index (χ3v) is 2.71. The van der Waals surface area contributed by atoms with E-state index in [9.17, 15) is 4.79 Å². The SMILES string of the molecule is CCCc1cccc2c1OC(C)CC2=O. The average Bonchev–Trinajstić information content (AvgIpc) is 2.19. The van der Waals surface area contributed by atoms with E-state index >= 15 is 0 Å². The number of ketones is 1. The van der Waals surface area contributed by atoms with E-state index in [1.165, 1.54) is 0 Å². The molecule has 2 rings (SSSR count). The van der Waals surface area contributed by atoms with Crippen LogP contribution in [-0.4, -0.2) is 11.9 Å². The van der Waals surface area contributed by atoms with Crippen LogP contribution in [0.25, 0.3) is 0 Å². The maximum Gasteiger partial charge on any atom is 0.170 e. The van der Waals surface area contributed by atoms with E-state index in [0.29, 0.717) is 6.42 Å². The number of benzene rings is 1. The first-order chi connectivity index (χ1) is 7.22. The van der Waals surface area contributed by atoms with Crippen LogP contribution in [0.4, 0.5) is 0 Å². The summed E-state index contributed by atoms with van der Waals surface area (Å²) in [6.07, 6.45) is 2.57. The van der Waals surface area contributed by atoms with E-state index in [4.69, 9.17) is 4.74 Å². The van der Waals surface area contributed by atoms with Crippen LogP contribution in [0.2, 0.25) is 0 Å². The van der Waals surface area contributed by atoms with Crippen LogP contribution in [0.5, 0.6) is 5.75 Å². The first-order valence-electron chi connectivity index (χ1n) is 5.54. The summed E-state index contributed by atoms with van der Waals surface area (Å²) in [5.74, 6) is 1.03. The molecule has 15 heavy (non-hydrogen) atoms. The molecule has 1 aromatic carbocycles. The second-order valence-corrected chi connectivity index (χ2v) is 4.10.